The van der Waals surface area contributed by atoms with Crippen molar-refractivity contribution >= 4 is 11.6 Å². The van der Waals surface area contributed by atoms with Gasteiger partial charge in [-0.1, -0.05) is 23.7 Å². The van der Waals surface area contributed by atoms with Crippen molar-refractivity contribution in [3.8, 4) is 17.5 Å². The van der Waals surface area contributed by atoms with Gasteiger partial charge in [-0.25, -0.2) is 4.98 Å². The molecule has 1 N–H and O–H groups in total. The third-order valence-electron chi connectivity index (χ3n) is 4.43. The molecule has 0 amide bonds. The summed E-state index contributed by atoms with van der Waals surface area (Å²) in [7, 11) is 0. The topological polar surface area (TPSA) is 65.4 Å². The Balaban J connectivity index is 1.79. The maximum absolute atomic E-state index is 9.12. The maximum atomic E-state index is 9.12. The number of hydrogen-bond donors (Lipinski definition) is 1. The number of imidazole rings is 1. The normalized spacial score (nSPS) is 15.0. The second-order valence-corrected chi connectivity index (χ2v) is 6.51. The number of rotatable bonds is 4. The van der Waals surface area contributed by atoms with Gasteiger partial charge in [-0.3, -0.25) is 4.98 Å². The van der Waals surface area contributed by atoms with Crippen LogP contribution in [0.25, 0.3) is 11.4 Å². The number of aromatic nitrogens is 3. The summed E-state index contributed by atoms with van der Waals surface area (Å²) in [5, 5.41) is 9.86. The molecule has 1 fully saturated rings. The highest BCUT2D eigenvalue weighted by molar-refractivity contribution is 6.30. The average Bonchev–Trinajstić information content (AvgIpc) is 3.33. The number of nitrogens with one attached hydrogen (secondary N) is 1. The number of pyridine rings is 1. The second-order valence-electron chi connectivity index (χ2n) is 6.07. The fraction of sp³-hybridized carbons (Fsp3) is 0.211. The molecule has 2 aromatic heterocycles. The summed E-state index contributed by atoms with van der Waals surface area (Å²) in [5.41, 5.74) is 4.42. The van der Waals surface area contributed by atoms with Crippen molar-refractivity contribution in [3.63, 3.8) is 0 Å². The smallest absolute Gasteiger partial charge is 0.110 e. The van der Waals surface area contributed by atoms with Crippen LogP contribution >= 0.6 is 11.6 Å². The van der Waals surface area contributed by atoms with Gasteiger partial charge in [0.2, 0.25) is 0 Å². The molecule has 3 aromatic rings. The SMILES string of the molecule is N#Cc1ccnc(-c2nc[nH]c2C(c2ccc(Cl)cc2)C2CC2)c1. The fourth-order valence-electron chi connectivity index (χ4n) is 3.15. The first-order valence-corrected chi connectivity index (χ1v) is 8.29. The largest absolute Gasteiger partial charge is 0.347 e. The molecular formula is C19H15ClN4. The maximum Gasteiger partial charge on any atom is 0.110 e. The zero-order chi connectivity index (χ0) is 16.5. The third-order valence-corrected chi connectivity index (χ3v) is 4.69. The van der Waals surface area contributed by atoms with Gasteiger partial charge < -0.3 is 4.98 Å². The molecule has 0 bridgehead atoms. The minimum absolute atomic E-state index is 0.243. The first kappa shape index (κ1) is 14.9. The van der Waals surface area contributed by atoms with Crippen LogP contribution in [0.1, 0.15) is 35.6 Å². The molecule has 118 valence electrons. The Morgan fingerprint density at radius 2 is 1.96 bits per heavy atom. The van der Waals surface area contributed by atoms with Gasteiger partial charge in [0.05, 0.1) is 29.3 Å². The van der Waals surface area contributed by atoms with E-state index in [0.717, 1.165) is 22.1 Å². The number of H-pyrrole nitrogens is 1. The molecule has 1 unspecified atom stereocenters. The fourth-order valence-corrected chi connectivity index (χ4v) is 3.28. The summed E-state index contributed by atoms with van der Waals surface area (Å²) in [5.74, 6) is 0.844. The predicted octanol–water partition coefficient (Wildman–Crippen LogP) is 4.54. The number of nitrogens with zero attached hydrogens (tertiary/aromatic N) is 3. The van der Waals surface area contributed by atoms with E-state index in [2.05, 4.69) is 33.2 Å². The van der Waals surface area contributed by atoms with Crippen LogP contribution in [-0.2, 0) is 0 Å². The molecule has 1 aliphatic carbocycles. The van der Waals surface area contributed by atoms with Crippen LogP contribution in [0.2, 0.25) is 5.02 Å². The van der Waals surface area contributed by atoms with Crippen molar-refractivity contribution in [1.82, 2.24) is 15.0 Å². The number of halogens is 1. The monoisotopic (exact) mass is 334 g/mol. The number of hydrogen-bond acceptors (Lipinski definition) is 3. The van der Waals surface area contributed by atoms with Crippen LogP contribution in [-0.4, -0.2) is 15.0 Å². The quantitative estimate of drug-likeness (QED) is 0.761. The lowest BCUT2D eigenvalue weighted by Gasteiger charge is -2.17. The minimum atomic E-state index is 0.243. The minimum Gasteiger partial charge on any atom is -0.347 e. The van der Waals surface area contributed by atoms with Gasteiger partial charge in [0.15, 0.2) is 0 Å². The third kappa shape index (κ3) is 2.79. The Hall–Kier alpha value is -2.64. The molecule has 1 saturated carbocycles. The molecule has 0 aliphatic heterocycles. The summed E-state index contributed by atoms with van der Waals surface area (Å²) < 4.78 is 0. The molecule has 24 heavy (non-hydrogen) atoms. The van der Waals surface area contributed by atoms with E-state index in [0.29, 0.717) is 11.5 Å². The molecule has 1 aliphatic rings. The highest BCUT2D eigenvalue weighted by atomic mass is 35.5. The first-order chi connectivity index (χ1) is 11.8. The molecule has 4 rings (SSSR count). The van der Waals surface area contributed by atoms with Crippen molar-refractivity contribution in [2.24, 2.45) is 5.92 Å². The van der Waals surface area contributed by atoms with Crippen LogP contribution < -0.4 is 0 Å². The molecule has 4 nitrogen and oxygen atoms in total. The number of aromatic amines is 1. The van der Waals surface area contributed by atoms with Crippen molar-refractivity contribution < 1.29 is 0 Å². The van der Waals surface area contributed by atoms with Gasteiger partial charge in [-0.05, 0) is 48.6 Å². The number of benzene rings is 1. The Bertz CT molecular complexity index is 904. The Labute approximate surface area is 145 Å². The average molecular weight is 335 g/mol. The Morgan fingerprint density at radius 1 is 1.17 bits per heavy atom. The van der Waals surface area contributed by atoms with Crippen LogP contribution in [0.5, 0.6) is 0 Å². The van der Waals surface area contributed by atoms with Crippen LogP contribution in [0.4, 0.5) is 0 Å². The summed E-state index contributed by atoms with van der Waals surface area (Å²) in [4.78, 5) is 12.2. The van der Waals surface area contributed by atoms with E-state index >= 15 is 0 Å². The lowest BCUT2D eigenvalue weighted by molar-refractivity contribution is 0.688. The molecule has 1 aromatic carbocycles. The van der Waals surface area contributed by atoms with E-state index in [1.807, 2.05) is 12.1 Å². The van der Waals surface area contributed by atoms with E-state index in [1.54, 1.807) is 24.7 Å². The molecule has 0 spiro atoms. The van der Waals surface area contributed by atoms with E-state index < -0.39 is 0 Å². The summed E-state index contributed by atoms with van der Waals surface area (Å²) >= 11 is 6.04. The zero-order valence-electron chi connectivity index (χ0n) is 12.9. The first-order valence-electron chi connectivity index (χ1n) is 7.91. The summed E-state index contributed by atoms with van der Waals surface area (Å²) in [6.45, 7) is 0. The van der Waals surface area contributed by atoms with Gasteiger partial charge in [0, 0.05) is 17.1 Å². The van der Waals surface area contributed by atoms with Gasteiger partial charge in [0.25, 0.3) is 0 Å². The van der Waals surface area contributed by atoms with Crippen LogP contribution in [0.15, 0.2) is 48.9 Å². The molecule has 1 atom stereocenters. The van der Waals surface area contributed by atoms with E-state index in [4.69, 9.17) is 16.9 Å². The number of nitriles is 1. The lowest BCUT2D eigenvalue weighted by Crippen LogP contribution is -2.06. The van der Waals surface area contributed by atoms with Gasteiger partial charge in [-0.2, -0.15) is 5.26 Å². The summed E-state index contributed by atoms with van der Waals surface area (Å²) in [6, 6.07) is 13.7. The predicted molar refractivity (Wildman–Crippen MR) is 92.6 cm³/mol. The Morgan fingerprint density at radius 3 is 2.67 bits per heavy atom. The molecule has 0 saturated heterocycles. The van der Waals surface area contributed by atoms with Crippen molar-refractivity contribution in [3.05, 3.63) is 70.8 Å². The molecule has 0 radical (unpaired) electrons. The molecule has 5 heteroatoms. The zero-order valence-corrected chi connectivity index (χ0v) is 13.7. The second kappa shape index (κ2) is 6.10. The van der Waals surface area contributed by atoms with Gasteiger partial charge in [-0.15, -0.1) is 0 Å². The molecular weight excluding hydrogens is 320 g/mol. The van der Waals surface area contributed by atoms with Gasteiger partial charge in [0.1, 0.15) is 5.69 Å². The standard InChI is InChI=1S/C19H15ClN4/c20-15-5-3-14(4-6-15)17(13-1-2-13)19-18(23-11-24-19)16-9-12(10-21)7-8-22-16/h3-9,11,13,17H,1-2H2,(H,23,24). The van der Waals surface area contributed by atoms with Crippen molar-refractivity contribution in [2.75, 3.05) is 0 Å². The lowest BCUT2D eigenvalue weighted by atomic mass is 9.89. The van der Waals surface area contributed by atoms with Crippen molar-refractivity contribution in [2.45, 2.75) is 18.8 Å². The van der Waals surface area contributed by atoms with E-state index in [-0.39, 0.29) is 5.92 Å². The van der Waals surface area contributed by atoms with E-state index in [9.17, 15) is 0 Å². The summed E-state index contributed by atoms with van der Waals surface area (Å²) in [6.07, 6.45) is 5.77. The highest BCUT2D eigenvalue weighted by Crippen LogP contribution is 2.47. The van der Waals surface area contributed by atoms with Crippen molar-refractivity contribution in [1.29, 1.82) is 5.26 Å². The molecule has 2 heterocycles. The van der Waals surface area contributed by atoms with Crippen LogP contribution in [0, 0.1) is 17.2 Å². The van der Waals surface area contributed by atoms with Crippen LogP contribution in [0.3, 0.4) is 0 Å². The van der Waals surface area contributed by atoms with Gasteiger partial charge >= 0.3 is 0 Å². The Kier molecular flexibility index (Phi) is 3.79. The highest BCUT2D eigenvalue weighted by Gasteiger charge is 2.36. The van der Waals surface area contributed by atoms with E-state index in [1.165, 1.54) is 18.4 Å².